The van der Waals surface area contributed by atoms with Gasteiger partial charge in [0.2, 0.25) is 0 Å². The number of benzene rings is 1. The second-order valence-corrected chi connectivity index (χ2v) is 4.77. The van der Waals surface area contributed by atoms with Crippen molar-refractivity contribution in [2.75, 3.05) is 0 Å². The van der Waals surface area contributed by atoms with E-state index in [4.69, 9.17) is 0 Å². The van der Waals surface area contributed by atoms with E-state index >= 15 is 0 Å². The van der Waals surface area contributed by atoms with Crippen molar-refractivity contribution in [1.82, 2.24) is 0 Å². The number of aryl methyl sites for hydroxylation is 1. The van der Waals surface area contributed by atoms with Crippen LogP contribution in [0.3, 0.4) is 0 Å². The molecule has 0 radical (unpaired) electrons. The first-order valence-electron chi connectivity index (χ1n) is 5.47. The van der Waals surface area contributed by atoms with Gasteiger partial charge in [-0.2, -0.15) is 0 Å². The van der Waals surface area contributed by atoms with Crippen LogP contribution >= 0.6 is 0 Å². The molecule has 2 nitrogen and oxygen atoms in total. The number of unbranched alkanes of at least 4 members (excludes halogenated alkanes) is 3. The Morgan fingerprint density at radius 1 is 1.13 bits per heavy atom. The zero-order valence-electron chi connectivity index (χ0n) is 9.11. The lowest BCUT2D eigenvalue weighted by Gasteiger charge is -2.01. The van der Waals surface area contributed by atoms with Crippen LogP contribution in [0.2, 0.25) is 0 Å². The molecule has 0 saturated heterocycles. The molecule has 0 aromatic heterocycles. The molecule has 0 bridgehead atoms. The van der Waals surface area contributed by atoms with Crippen molar-refractivity contribution in [1.29, 1.82) is 0 Å². The first kappa shape index (κ1) is 12.2. The van der Waals surface area contributed by atoms with Gasteiger partial charge in [0.25, 0.3) is 0 Å². The van der Waals surface area contributed by atoms with Gasteiger partial charge in [-0.05, 0) is 30.5 Å². The van der Waals surface area contributed by atoms with Gasteiger partial charge < -0.3 is 0 Å². The average molecular weight is 226 g/mol. The summed E-state index contributed by atoms with van der Waals surface area (Å²) < 4.78 is 21.5. The summed E-state index contributed by atoms with van der Waals surface area (Å²) in [5.41, 5.74) is 1.13. The Balaban J connectivity index is 2.50. The molecule has 0 fully saturated rings. The van der Waals surface area contributed by atoms with E-state index in [0.717, 1.165) is 18.4 Å². The predicted octanol–water partition coefficient (Wildman–Crippen LogP) is 2.78. The van der Waals surface area contributed by atoms with Gasteiger partial charge in [0.05, 0.1) is 4.90 Å². The van der Waals surface area contributed by atoms with Crippen molar-refractivity contribution >= 4 is 10.7 Å². The van der Waals surface area contributed by atoms with E-state index in [1.807, 2.05) is 12.1 Å². The highest BCUT2D eigenvalue weighted by molar-refractivity contribution is 7.72. The lowest BCUT2D eigenvalue weighted by Crippen LogP contribution is -1.88. The van der Waals surface area contributed by atoms with Crippen molar-refractivity contribution in [2.24, 2.45) is 0 Å². The molecule has 0 saturated carbocycles. The number of thiol groups is 1. The van der Waals surface area contributed by atoms with E-state index in [2.05, 4.69) is 6.92 Å². The molecule has 0 amide bonds. The van der Waals surface area contributed by atoms with Crippen molar-refractivity contribution < 1.29 is 8.42 Å². The maximum atomic E-state index is 10.8. The molecule has 1 aromatic carbocycles. The molecule has 0 unspecified atom stereocenters. The fraction of sp³-hybridized carbons (Fsp3) is 0.500. The molecule has 3 heteroatoms. The number of rotatable bonds is 6. The third-order valence-corrected chi connectivity index (χ3v) is 3.14. The lowest BCUT2D eigenvalue weighted by atomic mass is 10.1. The molecule has 0 spiro atoms. The van der Waals surface area contributed by atoms with Crippen molar-refractivity contribution in [3.63, 3.8) is 0 Å². The van der Waals surface area contributed by atoms with Crippen LogP contribution in [-0.4, -0.2) is 8.42 Å². The first-order valence-corrected chi connectivity index (χ1v) is 6.65. The Morgan fingerprint density at radius 2 is 1.93 bits per heavy atom. The molecular formula is C12H18O2S. The van der Waals surface area contributed by atoms with Crippen LogP contribution in [0.1, 0.15) is 38.2 Å². The maximum Gasteiger partial charge on any atom is 0.168 e. The van der Waals surface area contributed by atoms with Crippen LogP contribution in [0.4, 0.5) is 0 Å². The number of hydrogen-bond acceptors (Lipinski definition) is 2. The SMILES string of the molecule is CCCCCCc1cccc([SH](=O)=O)c1. The van der Waals surface area contributed by atoms with Crippen molar-refractivity contribution in [2.45, 2.75) is 43.9 Å². The van der Waals surface area contributed by atoms with E-state index in [9.17, 15) is 8.42 Å². The minimum absolute atomic E-state index is 0.429. The third kappa shape index (κ3) is 4.47. The molecule has 1 aromatic rings. The monoisotopic (exact) mass is 226 g/mol. The van der Waals surface area contributed by atoms with Crippen molar-refractivity contribution in [3.8, 4) is 0 Å². The second-order valence-electron chi connectivity index (χ2n) is 3.74. The van der Waals surface area contributed by atoms with Crippen LogP contribution in [0.5, 0.6) is 0 Å². The molecule has 0 atom stereocenters. The zero-order valence-corrected chi connectivity index (χ0v) is 10.0. The Hall–Kier alpha value is -0.830. The van der Waals surface area contributed by atoms with Crippen LogP contribution in [0, 0.1) is 0 Å². The van der Waals surface area contributed by atoms with Gasteiger partial charge >= 0.3 is 0 Å². The van der Waals surface area contributed by atoms with Crippen LogP contribution in [0.25, 0.3) is 0 Å². The fourth-order valence-corrected chi connectivity index (χ4v) is 2.06. The van der Waals surface area contributed by atoms with Gasteiger partial charge in [0.1, 0.15) is 0 Å². The van der Waals surface area contributed by atoms with Gasteiger partial charge in [-0.3, -0.25) is 0 Å². The molecule has 15 heavy (non-hydrogen) atoms. The molecular weight excluding hydrogens is 208 g/mol. The van der Waals surface area contributed by atoms with E-state index < -0.39 is 10.7 Å². The van der Waals surface area contributed by atoms with Crippen LogP contribution < -0.4 is 0 Å². The Bertz CT molecular complexity index is 362. The summed E-state index contributed by atoms with van der Waals surface area (Å²) in [6, 6.07) is 7.22. The smallest absolute Gasteiger partial charge is 0.168 e. The van der Waals surface area contributed by atoms with E-state index in [1.54, 1.807) is 12.1 Å². The summed E-state index contributed by atoms with van der Waals surface area (Å²) in [4.78, 5) is 0.429. The van der Waals surface area contributed by atoms with Crippen LogP contribution in [-0.2, 0) is 17.1 Å². The van der Waals surface area contributed by atoms with Gasteiger partial charge in [-0.25, -0.2) is 8.42 Å². The molecule has 0 aliphatic carbocycles. The summed E-state index contributed by atoms with van der Waals surface area (Å²) in [6.45, 7) is 2.18. The predicted molar refractivity (Wildman–Crippen MR) is 62.9 cm³/mol. The minimum atomic E-state index is -2.43. The summed E-state index contributed by atoms with van der Waals surface area (Å²) >= 11 is 0. The van der Waals surface area contributed by atoms with Gasteiger partial charge in [0, 0.05) is 0 Å². The van der Waals surface area contributed by atoms with E-state index in [1.165, 1.54) is 19.3 Å². The normalized spacial score (nSPS) is 10.8. The maximum absolute atomic E-state index is 10.8. The molecule has 0 aliphatic heterocycles. The molecule has 0 aliphatic rings. The topological polar surface area (TPSA) is 34.1 Å². The summed E-state index contributed by atoms with van der Waals surface area (Å²) in [5.74, 6) is 0. The van der Waals surface area contributed by atoms with Crippen LogP contribution in [0.15, 0.2) is 29.2 Å². The summed E-state index contributed by atoms with van der Waals surface area (Å²) in [7, 11) is -2.43. The Kier molecular flexibility index (Phi) is 5.40. The van der Waals surface area contributed by atoms with E-state index in [-0.39, 0.29) is 0 Å². The molecule has 0 N–H and O–H groups in total. The third-order valence-electron chi connectivity index (χ3n) is 2.44. The molecule has 1 rings (SSSR count). The molecule has 84 valence electrons. The summed E-state index contributed by atoms with van der Waals surface area (Å²) in [6.07, 6.45) is 5.84. The standard InChI is InChI=1S/C12H18O2S/c1-2-3-4-5-7-11-8-6-9-12(10-11)15(13)14/h6,8-10,15H,2-5,7H2,1H3. The van der Waals surface area contributed by atoms with Gasteiger partial charge in [-0.1, -0.05) is 38.3 Å². The van der Waals surface area contributed by atoms with Gasteiger partial charge in [-0.15, -0.1) is 0 Å². The Labute approximate surface area is 93.3 Å². The van der Waals surface area contributed by atoms with E-state index in [0.29, 0.717) is 4.90 Å². The Morgan fingerprint density at radius 3 is 2.60 bits per heavy atom. The quantitative estimate of drug-likeness (QED) is 0.598. The fourth-order valence-electron chi connectivity index (χ4n) is 1.58. The van der Waals surface area contributed by atoms with Crippen molar-refractivity contribution in [3.05, 3.63) is 29.8 Å². The lowest BCUT2D eigenvalue weighted by molar-refractivity contribution is 0.614. The largest absolute Gasteiger partial charge is 0.227 e. The molecule has 0 heterocycles. The highest BCUT2D eigenvalue weighted by Crippen LogP contribution is 2.11. The highest BCUT2D eigenvalue weighted by atomic mass is 32.2. The summed E-state index contributed by atoms with van der Waals surface area (Å²) in [5, 5.41) is 0. The highest BCUT2D eigenvalue weighted by Gasteiger charge is 1.97. The zero-order chi connectivity index (χ0) is 11.1. The first-order chi connectivity index (χ1) is 7.24. The average Bonchev–Trinajstić information content (AvgIpc) is 2.25. The number of hydrogen-bond donors (Lipinski definition) is 1. The second kappa shape index (κ2) is 6.62. The van der Waals surface area contributed by atoms with Gasteiger partial charge in [0.15, 0.2) is 10.7 Å². The minimum Gasteiger partial charge on any atom is -0.227 e.